The number of hydrogen-bond donors (Lipinski definition) is 1. The number of anilines is 2. The summed E-state index contributed by atoms with van der Waals surface area (Å²) in [6.45, 7) is 0.512. The second-order valence-corrected chi connectivity index (χ2v) is 9.27. The van der Waals surface area contributed by atoms with Crippen molar-refractivity contribution in [2.45, 2.75) is 11.3 Å². The van der Waals surface area contributed by atoms with Crippen LogP contribution in [0.25, 0.3) is 0 Å². The molecule has 0 saturated heterocycles. The summed E-state index contributed by atoms with van der Waals surface area (Å²) in [7, 11) is -1.02. The number of nitrogens with one attached hydrogen (secondary N) is 1. The summed E-state index contributed by atoms with van der Waals surface area (Å²) in [5, 5.41) is 0.274. The van der Waals surface area contributed by atoms with E-state index in [1.165, 1.54) is 19.2 Å². The Balaban J connectivity index is 1.63. The lowest BCUT2D eigenvalue weighted by Crippen LogP contribution is -2.28. The molecule has 32 heavy (non-hydrogen) atoms. The van der Waals surface area contributed by atoms with Crippen LogP contribution in [0.15, 0.2) is 65.6 Å². The van der Waals surface area contributed by atoms with Crippen LogP contribution in [0.3, 0.4) is 0 Å². The number of nitrogens with zero attached hydrogens (tertiary/aromatic N) is 1. The van der Waals surface area contributed by atoms with E-state index in [0.29, 0.717) is 35.7 Å². The van der Waals surface area contributed by atoms with Crippen LogP contribution >= 0.6 is 11.6 Å². The minimum absolute atomic E-state index is 0.0702. The molecule has 0 atom stereocenters. The molecule has 1 N–H and O–H groups in total. The maximum Gasteiger partial charge on any atom is 0.265 e. The number of halogens is 1. The topological polar surface area (TPSA) is 84.9 Å². The summed E-state index contributed by atoms with van der Waals surface area (Å²) in [5.74, 6) is 0.679. The summed E-state index contributed by atoms with van der Waals surface area (Å²) in [6.07, 6.45) is 0.687. The summed E-state index contributed by atoms with van der Waals surface area (Å²) in [6, 6.07) is 16.4. The van der Waals surface area contributed by atoms with E-state index in [-0.39, 0.29) is 21.6 Å². The van der Waals surface area contributed by atoms with E-state index in [2.05, 4.69) is 4.72 Å². The van der Waals surface area contributed by atoms with Gasteiger partial charge in [-0.05, 0) is 66.6 Å². The molecule has 0 aromatic heterocycles. The number of methoxy groups -OCH3 is 2. The van der Waals surface area contributed by atoms with E-state index in [1.807, 2.05) is 6.07 Å². The molecule has 7 nitrogen and oxygen atoms in total. The summed E-state index contributed by atoms with van der Waals surface area (Å²) in [5.41, 5.74) is 2.49. The first-order valence-corrected chi connectivity index (χ1v) is 11.6. The molecule has 9 heteroatoms. The van der Waals surface area contributed by atoms with Gasteiger partial charge in [0.05, 0.1) is 19.9 Å². The summed E-state index contributed by atoms with van der Waals surface area (Å²) in [4.78, 5) is 14.6. The van der Waals surface area contributed by atoms with Crippen molar-refractivity contribution in [3.05, 3.63) is 76.8 Å². The number of fused-ring (bicyclic) bond motifs is 1. The standard InChI is InChI=1S/C23H21ClN2O5S/c1-30-19-8-4-16(5-9-19)23(27)26-12-11-15-3-7-18(14-20(15)26)25-32(28,29)22-13-17(24)6-10-21(22)31-2/h3-10,13-14,25H,11-12H2,1-2H3. The van der Waals surface area contributed by atoms with Crippen LogP contribution in [0.4, 0.5) is 11.4 Å². The maximum atomic E-state index is 13.1. The Hall–Kier alpha value is -3.23. The van der Waals surface area contributed by atoms with E-state index in [4.69, 9.17) is 21.1 Å². The third kappa shape index (κ3) is 4.24. The minimum atomic E-state index is -3.97. The van der Waals surface area contributed by atoms with E-state index in [9.17, 15) is 13.2 Å². The summed E-state index contributed by atoms with van der Waals surface area (Å²) >= 11 is 5.99. The third-order valence-corrected chi connectivity index (χ3v) is 6.87. The highest BCUT2D eigenvalue weighted by Crippen LogP contribution is 2.34. The number of ether oxygens (including phenoxy) is 2. The normalized spacial score (nSPS) is 12.9. The van der Waals surface area contributed by atoms with Crippen LogP contribution in [0, 0.1) is 0 Å². The lowest BCUT2D eigenvalue weighted by Gasteiger charge is -2.19. The van der Waals surface area contributed by atoms with Gasteiger partial charge in [-0.2, -0.15) is 0 Å². The van der Waals surface area contributed by atoms with Crippen LogP contribution in [0.2, 0.25) is 5.02 Å². The first kappa shape index (κ1) is 22.0. The van der Waals surface area contributed by atoms with Gasteiger partial charge in [0, 0.05) is 22.8 Å². The fraction of sp³-hybridized carbons (Fsp3) is 0.174. The van der Waals surface area contributed by atoms with Gasteiger partial charge in [0.2, 0.25) is 0 Å². The number of amides is 1. The van der Waals surface area contributed by atoms with Gasteiger partial charge in [-0.25, -0.2) is 8.42 Å². The maximum absolute atomic E-state index is 13.1. The van der Waals surface area contributed by atoms with Crippen LogP contribution < -0.4 is 19.1 Å². The molecular weight excluding hydrogens is 452 g/mol. The van der Waals surface area contributed by atoms with Gasteiger partial charge >= 0.3 is 0 Å². The summed E-state index contributed by atoms with van der Waals surface area (Å²) < 4.78 is 38.9. The van der Waals surface area contributed by atoms with Gasteiger partial charge in [-0.1, -0.05) is 17.7 Å². The van der Waals surface area contributed by atoms with Crippen molar-refractivity contribution >= 4 is 38.9 Å². The number of rotatable bonds is 6. The Labute approximate surface area is 191 Å². The van der Waals surface area contributed by atoms with Crippen LogP contribution in [-0.2, 0) is 16.4 Å². The molecule has 0 saturated carbocycles. The lowest BCUT2D eigenvalue weighted by atomic mass is 10.1. The average molecular weight is 473 g/mol. The van der Waals surface area contributed by atoms with Crippen LogP contribution in [-0.4, -0.2) is 35.1 Å². The van der Waals surface area contributed by atoms with E-state index in [1.54, 1.807) is 54.5 Å². The second kappa shape index (κ2) is 8.72. The number of carbonyl (C=O) groups excluding carboxylic acids is 1. The predicted molar refractivity (Wildman–Crippen MR) is 124 cm³/mol. The van der Waals surface area contributed by atoms with E-state index in [0.717, 1.165) is 5.56 Å². The van der Waals surface area contributed by atoms with Crippen molar-refractivity contribution < 1.29 is 22.7 Å². The molecule has 4 rings (SSSR count). The molecule has 1 aliphatic rings. The van der Waals surface area contributed by atoms with Crippen molar-refractivity contribution in [2.24, 2.45) is 0 Å². The zero-order chi connectivity index (χ0) is 22.9. The highest BCUT2D eigenvalue weighted by Gasteiger charge is 2.27. The zero-order valence-corrected chi connectivity index (χ0v) is 19.0. The highest BCUT2D eigenvalue weighted by molar-refractivity contribution is 7.92. The molecule has 0 aliphatic carbocycles. The molecule has 0 fully saturated rings. The molecule has 1 amide bonds. The first-order valence-electron chi connectivity index (χ1n) is 9.77. The van der Waals surface area contributed by atoms with Gasteiger partial charge < -0.3 is 14.4 Å². The van der Waals surface area contributed by atoms with Crippen molar-refractivity contribution in [1.82, 2.24) is 0 Å². The monoisotopic (exact) mass is 472 g/mol. The molecule has 1 aliphatic heterocycles. The first-order chi connectivity index (χ1) is 15.3. The Morgan fingerprint density at radius 1 is 1.00 bits per heavy atom. The molecule has 3 aromatic carbocycles. The van der Waals surface area contributed by atoms with Crippen molar-refractivity contribution in [1.29, 1.82) is 0 Å². The van der Waals surface area contributed by atoms with Crippen molar-refractivity contribution in [3.8, 4) is 11.5 Å². The van der Waals surface area contributed by atoms with E-state index >= 15 is 0 Å². The lowest BCUT2D eigenvalue weighted by molar-refractivity contribution is 0.0989. The average Bonchev–Trinajstić information content (AvgIpc) is 3.21. The highest BCUT2D eigenvalue weighted by atomic mass is 35.5. The molecule has 3 aromatic rings. The molecule has 1 heterocycles. The fourth-order valence-corrected chi connectivity index (χ4v) is 5.10. The Morgan fingerprint density at radius 2 is 1.75 bits per heavy atom. The molecule has 0 spiro atoms. The predicted octanol–water partition coefficient (Wildman–Crippen LogP) is 4.36. The Bertz CT molecular complexity index is 1280. The smallest absolute Gasteiger partial charge is 0.265 e. The minimum Gasteiger partial charge on any atom is -0.497 e. The molecule has 0 unspecified atom stereocenters. The van der Waals surface area contributed by atoms with E-state index < -0.39 is 10.0 Å². The number of benzene rings is 3. The SMILES string of the molecule is COc1ccc(C(=O)N2CCc3ccc(NS(=O)(=O)c4cc(Cl)ccc4OC)cc32)cc1. The largest absolute Gasteiger partial charge is 0.497 e. The second-order valence-electron chi connectivity index (χ2n) is 7.18. The van der Waals surface area contributed by atoms with Crippen molar-refractivity contribution in [3.63, 3.8) is 0 Å². The third-order valence-electron chi connectivity index (χ3n) is 5.23. The van der Waals surface area contributed by atoms with Gasteiger partial charge in [0.15, 0.2) is 0 Å². The number of hydrogen-bond acceptors (Lipinski definition) is 5. The quantitative estimate of drug-likeness (QED) is 0.576. The van der Waals surface area contributed by atoms with Gasteiger partial charge in [-0.3, -0.25) is 9.52 Å². The molecule has 0 radical (unpaired) electrons. The fourth-order valence-electron chi connectivity index (χ4n) is 3.61. The Kier molecular flexibility index (Phi) is 5.99. The van der Waals surface area contributed by atoms with Gasteiger partial charge in [-0.15, -0.1) is 0 Å². The van der Waals surface area contributed by atoms with Gasteiger partial charge in [0.25, 0.3) is 15.9 Å². The molecular formula is C23H21ClN2O5S. The number of sulfonamides is 1. The zero-order valence-electron chi connectivity index (χ0n) is 17.5. The number of carbonyl (C=O) groups is 1. The molecule has 166 valence electrons. The van der Waals surface area contributed by atoms with Crippen LogP contribution in [0.1, 0.15) is 15.9 Å². The molecule has 0 bridgehead atoms. The van der Waals surface area contributed by atoms with Crippen molar-refractivity contribution in [2.75, 3.05) is 30.4 Å². The Morgan fingerprint density at radius 3 is 2.44 bits per heavy atom. The van der Waals surface area contributed by atoms with Gasteiger partial charge in [0.1, 0.15) is 16.4 Å². The van der Waals surface area contributed by atoms with Crippen LogP contribution in [0.5, 0.6) is 11.5 Å².